The van der Waals surface area contributed by atoms with E-state index in [-0.39, 0.29) is 0 Å². The summed E-state index contributed by atoms with van der Waals surface area (Å²) in [5.41, 5.74) is 0.368. The third-order valence-electron chi connectivity index (χ3n) is 1.85. The summed E-state index contributed by atoms with van der Waals surface area (Å²) >= 11 is 0. The zero-order valence-electron chi connectivity index (χ0n) is 8.06. The molecule has 2 heteroatoms. The summed E-state index contributed by atoms with van der Waals surface area (Å²) < 4.78 is 0. The van der Waals surface area contributed by atoms with Gasteiger partial charge in [0.25, 0.3) is 0 Å². The van der Waals surface area contributed by atoms with Crippen LogP contribution in [0.15, 0.2) is 0 Å². The molecule has 0 aromatic carbocycles. The van der Waals surface area contributed by atoms with E-state index in [1.165, 1.54) is 5.75 Å². The van der Waals surface area contributed by atoms with E-state index < -0.39 is 0 Å². The summed E-state index contributed by atoms with van der Waals surface area (Å²) in [4.78, 5) is 2.29. The van der Waals surface area contributed by atoms with Gasteiger partial charge in [0.15, 0.2) is 0 Å². The maximum atomic E-state index is 2.30. The van der Waals surface area contributed by atoms with Crippen LogP contribution in [-0.2, 0) is 10.9 Å². The SMILES string of the molecule is CN(C)C(C)(C)C[S+](C)C. The van der Waals surface area contributed by atoms with Crippen LogP contribution < -0.4 is 0 Å². The summed E-state index contributed by atoms with van der Waals surface area (Å²) in [6, 6.07) is 0. The van der Waals surface area contributed by atoms with E-state index in [1.54, 1.807) is 0 Å². The first-order chi connectivity index (χ1) is 4.36. The Hall–Kier alpha value is 0.310. The van der Waals surface area contributed by atoms with Crippen molar-refractivity contribution in [1.82, 2.24) is 4.90 Å². The van der Waals surface area contributed by atoms with Gasteiger partial charge in [-0.2, -0.15) is 0 Å². The predicted molar refractivity (Wildman–Crippen MR) is 51.8 cm³/mol. The number of hydrogen-bond donors (Lipinski definition) is 0. The van der Waals surface area contributed by atoms with Crippen molar-refractivity contribution in [2.75, 3.05) is 32.4 Å². The summed E-state index contributed by atoms with van der Waals surface area (Å²) in [6.07, 6.45) is 4.59. The van der Waals surface area contributed by atoms with Crippen LogP contribution in [0.4, 0.5) is 0 Å². The maximum Gasteiger partial charge on any atom is 0.125 e. The molecule has 0 unspecified atom stereocenters. The van der Waals surface area contributed by atoms with Crippen molar-refractivity contribution in [3.63, 3.8) is 0 Å². The van der Waals surface area contributed by atoms with E-state index in [0.29, 0.717) is 16.4 Å². The molecule has 0 aromatic heterocycles. The lowest BCUT2D eigenvalue weighted by molar-refractivity contribution is 0.224. The molecule has 10 heavy (non-hydrogen) atoms. The van der Waals surface area contributed by atoms with Gasteiger partial charge in [0, 0.05) is 0 Å². The topological polar surface area (TPSA) is 3.24 Å². The highest BCUT2D eigenvalue weighted by Gasteiger charge is 2.26. The van der Waals surface area contributed by atoms with Gasteiger partial charge in [0.1, 0.15) is 5.75 Å². The number of rotatable bonds is 3. The lowest BCUT2D eigenvalue weighted by Gasteiger charge is -2.30. The molecule has 0 atom stereocenters. The molecule has 0 amide bonds. The molecule has 0 aromatic rings. The van der Waals surface area contributed by atoms with Crippen molar-refractivity contribution < 1.29 is 0 Å². The zero-order chi connectivity index (χ0) is 8.36. The minimum Gasteiger partial charge on any atom is -0.300 e. The van der Waals surface area contributed by atoms with Crippen molar-refractivity contribution in [2.45, 2.75) is 19.4 Å². The second-order valence-electron chi connectivity index (χ2n) is 3.84. The van der Waals surface area contributed by atoms with Crippen LogP contribution in [0.1, 0.15) is 13.8 Å². The van der Waals surface area contributed by atoms with E-state index >= 15 is 0 Å². The van der Waals surface area contributed by atoms with E-state index in [9.17, 15) is 0 Å². The van der Waals surface area contributed by atoms with Crippen molar-refractivity contribution >= 4 is 10.9 Å². The van der Waals surface area contributed by atoms with Crippen LogP contribution in [0.2, 0.25) is 0 Å². The van der Waals surface area contributed by atoms with Gasteiger partial charge in [-0.15, -0.1) is 0 Å². The molecule has 0 saturated heterocycles. The van der Waals surface area contributed by atoms with E-state index in [1.807, 2.05) is 0 Å². The fraction of sp³-hybridized carbons (Fsp3) is 1.00. The normalized spacial score (nSPS) is 13.2. The first kappa shape index (κ1) is 10.3. The Balaban J connectivity index is 3.87. The average molecular weight is 162 g/mol. The highest BCUT2D eigenvalue weighted by atomic mass is 32.2. The quantitative estimate of drug-likeness (QED) is 0.564. The molecule has 0 rings (SSSR count). The van der Waals surface area contributed by atoms with Crippen molar-refractivity contribution in [1.29, 1.82) is 0 Å². The van der Waals surface area contributed by atoms with Gasteiger partial charge in [-0.3, -0.25) is 4.90 Å². The number of nitrogens with zero attached hydrogens (tertiary/aromatic N) is 1. The van der Waals surface area contributed by atoms with Gasteiger partial charge >= 0.3 is 0 Å². The zero-order valence-corrected chi connectivity index (χ0v) is 8.88. The smallest absolute Gasteiger partial charge is 0.125 e. The summed E-state index contributed by atoms with van der Waals surface area (Å²) in [7, 11) is 4.84. The Morgan fingerprint density at radius 3 is 1.70 bits per heavy atom. The van der Waals surface area contributed by atoms with Gasteiger partial charge < -0.3 is 0 Å². The van der Waals surface area contributed by atoms with Crippen LogP contribution >= 0.6 is 0 Å². The molecule has 1 nitrogen and oxygen atoms in total. The van der Waals surface area contributed by atoms with E-state index in [0.717, 1.165) is 0 Å². The van der Waals surface area contributed by atoms with Crippen LogP contribution in [0.3, 0.4) is 0 Å². The molecule has 0 N–H and O–H groups in total. The summed E-state index contributed by atoms with van der Waals surface area (Å²) in [6.45, 7) is 4.58. The predicted octanol–water partition coefficient (Wildman–Crippen LogP) is 1.20. The minimum absolute atomic E-state index is 0.368. The maximum absolute atomic E-state index is 2.30. The van der Waals surface area contributed by atoms with Crippen LogP contribution in [-0.4, -0.2) is 42.8 Å². The lowest BCUT2D eigenvalue weighted by atomic mass is 10.1. The molecule has 62 valence electrons. The second kappa shape index (κ2) is 3.63. The van der Waals surface area contributed by atoms with Gasteiger partial charge in [-0.1, -0.05) is 0 Å². The Bertz CT molecular complexity index is 97.4. The van der Waals surface area contributed by atoms with Crippen molar-refractivity contribution in [3.05, 3.63) is 0 Å². The first-order valence-corrected chi connectivity index (χ1v) is 5.79. The minimum atomic E-state index is 0.368. The molecular formula is C8H20NS+. The third kappa shape index (κ3) is 3.47. The highest BCUT2D eigenvalue weighted by molar-refractivity contribution is 7.95. The summed E-state index contributed by atoms with van der Waals surface area (Å²) in [5, 5.41) is 0. The van der Waals surface area contributed by atoms with Crippen molar-refractivity contribution in [2.24, 2.45) is 0 Å². The van der Waals surface area contributed by atoms with Crippen molar-refractivity contribution in [3.8, 4) is 0 Å². The highest BCUT2D eigenvalue weighted by Crippen LogP contribution is 2.12. The molecule has 0 radical (unpaired) electrons. The number of hydrogen-bond acceptors (Lipinski definition) is 1. The van der Waals surface area contributed by atoms with Gasteiger partial charge in [-0.25, -0.2) is 0 Å². The largest absolute Gasteiger partial charge is 0.300 e. The molecular weight excluding hydrogens is 142 g/mol. The molecule has 0 spiro atoms. The monoisotopic (exact) mass is 162 g/mol. The van der Waals surface area contributed by atoms with Crippen LogP contribution in [0, 0.1) is 0 Å². The van der Waals surface area contributed by atoms with Crippen LogP contribution in [0.25, 0.3) is 0 Å². The molecule has 0 aliphatic heterocycles. The summed E-state index contributed by atoms with van der Waals surface area (Å²) in [5.74, 6) is 1.29. The molecule has 0 saturated carbocycles. The molecule has 0 heterocycles. The van der Waals surface area contributed by atoms with Crippen LogP contribution in [0.5, 0.6) is 0 Å². The van der Waals surface area contributed by atoms with Gasteiger partial charge in [-0.05, 0) is 38.8 Å². The molecule has 0 bridgehead atoms. The van der Waals surface area contributed by atoms with E-state index in [2.05, 4.69) is 45.4 Å². The van der Waals surface area contributed by atoms with Gasteiger partial charge in [0.2, 0.25) is 0 Å². The third-order valence-corrected chi connectivity index (χ3v) is 3.14. The fourth-order valence-corrected chi connectivity index (χ4v) is 2.51. The fourth-order valence-electron chi connectivity index (χ4n) is 0.836. The molecule has 0 aliphatic rings. The van der Waals surface area contributed by atoms with Gasteiger partial charge in [0.05, 0.1) is 18.1 Å². The van der Waals surface area contributed by atoms with E-state index in [4.69, 9.17) is 0 Å². The molecule has 0 fully saturated rings. The Kier molecular flexibility index (Phi) is 3.74. The standard InChI is InChI=1S/C8H20NS/c1-8(2,9(3)4)7-10(5)6/h7H2,1-6H3/q+1. The Labute approximate surface area is 68.1 Å². The Morgan fingerprint density at radius 1 is 1.20 bits per heavy atom. The lowest BCUT2D eigenvalue weighted by Crippen LogP contribution is -2.43. The average Bonchev–Trinajstić information content (AvgIpc) is 1.60. The Morgan fingerprint density at radius 2 is 1.60 bits per heavy atom. The molecule has 0 aliphatic carbocycles. The first-order valence-electron chi connectivity index (χ1n) is 3.58. The second-order valence-corrected chi connectivity index (χ2v) is 6.10.